The van der Waals surface area contributed by atoms with E-state index in [1.807, 2.05) is 0 Å². The van der Waals surface area contributed by atoms with Crippen LogP contribution in [-0.4, -0.2) is 37.2 Å². The normalized spacial score (nSPS) is 12.8. The van der Waals surface area contributed by atoms with Gasteiger partial charge in [0.25, 0.3) is 0 Å². The van der Waals surface area contributed by atoms with Crippen LogP contribution in [0.25, 0.3) is 0 Å². The van der Waals surface area contributed by atoms with Gasteiger partial charge in [-0.05, 0) is 109 Å². The lowest BCUT2D eigenvalue weighted by molar-refractivity contribution is -0.167. The summed E-state index contributed by atoms with van der Waals surface area (Å²) in [6, 6.07) is 0. The summed E-state index contributed by atoms with van der Waals surface area (Å²) in [6.45, 7) is 6.34. The van der Waals surface area contributed by atoms with Gasteiger partial charge in [-0.2, -0.15) is 0 Å². The molecule has 0 radical (unpaired) electrons. The second kappa shape index (κ2) is 52.9. The second-order valence-electron chi connectivity index (χ2n) is 17.4. The van der Waals surface area contributed by atoms with Crippen LogP contribution in [0.3, 0.4) is 0 Å². The Morgan fingerprint density at radius 2 is 0.646 bits per heavy atom. The number of carbonyl (C=O) groups is 3. The van der Waals surface area contributed by atoms with Crippen molar-refractivity contribution in [1.82, 2.24) is 0 Å². The van der Waals surface area contributed by atoms with Crippen LogP contribution in [0, 0.1) is 0 Å². The average Bonchev–Trinajstić information content (AvgIpc) is 3.30. The van der Waals surface area contributed by atoms with Crippen molar-refractivity contribution < 1.29 is 28.6 Å². The Labute approximate surface area is 400 Å². The van der Waals surface area contributed by atoms with Gasteiger partial charge in [-0.1, -0.05) is 208 Å². The molecule has 1 unspecified atom stereocenters. The van der Waals surface area contributed by atoms with E-state index in [0.717, 1.165) is 109 Å². The fraction of sp³-hybridized carbons (Fsp3) is 0.678. The minimum absolute atomic E-state index is 0.104. The zero-order valence-corrected chi connectivity index (χ0v) is 42.2. The molecule has 1 atom stereocenters. The molecule has 0 aromatic carbocycles. The first-order valence-corrected chi connectivity index (χ1v) is 26.8. The van der Waals surface area contributed by atoms with Crippen LogP contribution in [0.5, 0.6) is 0 Å². The monoisotopic (exact) mass is 903 g/mol. The van der Waals surface area contributed by atoms with Crippen LogP contribution in [-0.2, 0) is 28.6 Å². The lowest BCUT2D eigenvalue weighted by Crippen LogP contribution is -2.30. The molecule has 0 heterocycles. The first-order chi connectivity index (χ1) is 32.0. The quantitative estimate of drug-likeness (QED) is 0.0199. The Morgan fingerprint density at radius 3 is 1.08 bits per heavy atom. The van der Waals surface area contributed by atoms with Crippen molar-refractivity contribution in [3.05, 3.63) is 97.2 Å². The van der Waals surface area contributed by atoms with E-state index < -0.39 is 6.10 Å². The van der Waals surface area contributed by atoms with E-state index in [1.54, 1.807) is 0 Å². The molecule has 0 amide bonds. The maximum Gasteiger partial charge on any atom is 0.306 e. The number of hydrogen-bond donors (Lipinski definition) is 0. The Balaban J connectivity index is 4.45. The van der Waals surface area contributed by atoms with Crippen molar-refractivity contribution in [3.63, 3.8) is 0 Å². The minimum Gasteiger partial charge on any atom is -0.462 e. The van der Waals surface area contributed by atoms with Crippen LogP contribution in [0.15, 0.2) is 97.2 Å². The molecular formula is C59H98O6. The van der Waals surface area contributed by atoms with Crippen LogP contribution in [0.4, 0.5) is 0 Å². The highest BCUT2D eigenvalue weighted by Gasteiger charge is 2.19. The molecule has 0 saturated heterocycles. The summed E-state index contributed by atoms with van der Waals surface area (Å²) in [5.74, 6) is -0.979. The highest BCUT2D eigenvalue weighted by Crippen LogP contribution is 2.14. The molecule has 0 aliphatic rings. The smallest absolute Gasteiger partial charge is 0.306 e. The van der Waals surface area contributed by atoms with Crippen molar-refractivity contribution in [2.45, 2.75) is 245 Å². The first-order valence-electron chi connectivity index (χ1n) is 26.8. The second-order valence-corrected chi connectivity index (χ2v) is 17.4. The minimum atomic E-state index is -0.809. The van der Waals surface area contributed by atoms with Gasteiger partial charge in [-0.25, -0.2) is 0 Å². The molecule has 0 N–H and O–H groups in total. The van der Waals surface area contributed by atoms with Gasteiger partial charge in [0.2, 0.25) is 0 Å². The summed E-state index contributed by atoms with van der Waals surface area (Å²) in [7, 11) is 0. The summed E-state index contributed by atoms with van der Waals surface area (Å²) in [4.78, 5) is 38.0. The van der Waals surface area contributed by atoms with Crippen molar-refractivity contribution in [1.29, 1.82) is 0 Å². The summed E-state index contributed by atoms with van der Waals surface area (Å²) < 4.78 is 16.8. The number of ether oxygens (including phenoxy) is 3. The topological polar surface area (TPSA) is 78.9 Å². The summed E-state index contributed by atoms with van der Waals surface area (Å²) in [5.41, 5.74) is 0. The zero-order chi connectivity index (χ0) is 47.2. The Morgan fingerprint density at radius 1 is 0.338 bits per heavy atom. The summed E-state index contributed by atoms with van der Waals surface area (Å²) >= 11 is 0. The predicted molar refractivity (Wildman–Crippen MR) is 279 cm³/mol. The number of carbonyl (C=O) groups excluding carboxylic acids is 3. The van der Waals surface area contributed by atoms with Gasteiger partial charge < -0.3 is 14.2 Å². The van der Waals surface area contributed by atoms with Gasteiger partial charge in [0, 0.05) is 19.3 Å². The molecule has 0 rings (SSSR count). The Hall–Kier alpha value is -3.67. The number of esters is 3. The predicted octanol–water partition coefficient (Wildman–Crippen LogP) is 17.8. The van der Waals surface area contributed by atoms with Crippen LogP contribution in [0.2, 0.25) is 0 Å². The van der Waals surface area contributed by atoms with E-state index in [0.29, 0.717) is 12.8 Å². The Kier molecular flexibility index (Phi) is 50.0. The van der Waals surface area contributed by atoms with Crippen LogP contribution in [0.1, 0.15) is 239 Å². The van der Waals surface area contributed by atoms with E-state index in [9.17, 15) is 14.4 Å². The van der Waals surface area contributed by atoms with Crippen LogP contribution < -0.4 is 0 Å². The third-order valence-corrected chi connectivity index (χ3v) is 11.1. The lowest BCUT2D eigenvalue weighted by atomic mass is 10.1. The third kappa shape index (κ3) is 51.2. The number of allylic oxidation sites excluding steroid dienone is 16. The molecule has 6 nitrogen and oxygen atoms in total. The molecule has 0 aliphatic heterocycles. The van der Waals surface area contributed by atoms with Crippen molar-refractivity contribution in [2.75, 3.05) is 13.2 Å². The van der Waals surface area contributed by atoms with E-state index in [4.69, 9.17) is 14.2 Å². The van der Waals surface area contributed by atoms with E-state index >= 15 is 0 Å². The first kappa shape index (κ1) is 61.3. The highest BCUT2D eigenvalue weighted by atomic mass is 16.6. The SMILES string of the molecule is CC/C=C\C/C=C\C/C=C\CCCCCCCCCCCC(=O)OCC(COC(=O)CCCC/C=C\C/C=C\C/C=C\CC)OC(=O)CCCCC/C=C\C=C/CCCCCCCCC. The molecule has 370 valence electrons. The number of hydrogen-bond acceptors (Lipinski definition) is 6. The molecule has 6 heteroatoms. The van der Waals surface area contributed by atoms with Crippen LogP contribution >= 0.6 is 0 Å². The molecule has 0 fully saturated rings. The van der Waals surface area contributed by atoms with E-state index in [1.165, 1.54) is 89.9 Å². The molecule has 65 heavy (non-hydrogen) atoms. The Bertz CT molecular complexity index is 1310. The number of rotatable bonds is 47. The molecule has 0 saturated carbocycles. The summed E-state index contributed by atoms with van der Waals surface area (Å²) in [6.07, 6.45) is 69.7. The van der Waals surface area contributed by atoms with Gasteiger partial charge in [0.15, 0.2) is 6.10 Å². The zero-order valence-electron chi connectivity index (χ0n) is 42.2. The maximum absolute atomic E-state index is 12.8. The molecule has 0 aliphatic carbocycles. The average molecular weight is 903 g/mol. The molecule has 0 aromatic rings. The van der Waals surface area contributed by atoms with Gasteiger partial charge in [-0.3, -0.25) is 14.4 Å². The van der Waals surface area contributed by atoms with Gasteiger partial charge in [0.1, 0.15) is 13.2 Å². The van der Waals surface area contributed by atoms with Gasteiger partial charge in [-0.15, -0.1) is 0 Å². The summed E-state index contributed by atoms with van der Waals surface area (Å²) in [5, 5.41) is 0. The third-order valence-electron chi connectivity index (χ3n) is 11.1. The van der Waals surface area contributed by atoms with Gasteiger partial charge in [0.05, 0.1) is 0 Å². The van der Waals surface area contributed by atoms with E-state index in [-0.39, 0.29) is 37.5 Å². The molecule has 0 aromatic heterocycles. The lowest BCUT2D eigenvalue weighted by Gasteiger charge is -2.18. The van der Waals surface area contributed by atoms with Gasteiger partial charge >= 0.3 is 17.9 Å². The molecule has 0 bridgehead atoms. The van der Waals surface area contributed by atoms with Crippen molar-refractivity contribution in [3.8, 4) is 0 Å². The molecule has 0 spiro atoms. The van der Waals surface area contributed by atoms with Crippen molar-refractivity contribution in [2.24, 2.45) is 0 Å². The number of unbranched alkanes of at least 4 members (excludes halogenated alkanes) is 21. The fourth-order valence-electron chi connectivity index (χ4n) is 7.11. The fourth-order valence-corrected chi connectivity index (χ4v) is 7.11. The largest absolute Gasteiger partial charge is 0.462 e. The maximum atomic E-state index is 12.8. The molecular weight excluding hydrogens is 805 g/mol. The van der Waals surface area contributed by atoms with E-state index in [2.05, 4.69) is 118 Å². The standard InChI is InChI=1S/C59H98O6/c1-4-7-10-13-16-19-22-25-27-29-30-31-33-34-37-40-43-46-49-52-58(61)64-55-56(54-63-57(60)51-48-45-42-39-36-24-21-18-15-12-9-6-3)65-59(62)53-50-47-44-41-38-35-32-28-26-23-20-17-14-11-8-5-2/h7,9-10,12,16,18-19,21,25,27-28,32,35-36,38-39,56H,4-6,8,11,13-15,17,20,22-24,26,29-31,33-34,37,40-55H2,1-3H3/b10-7-,12-9-,19-16-,21-18-,27-25-,32-28-,38-35-,39-36-. The van der Waals surface area contributed by atoms with Crippen molar-refractivity contribution >= 4 is 17.9 Å². The highest BCUT2D eigenvalue weighted by molar-refractivity contribution is 5.71.